The number of ether oxygens (including phenoxy) is 4. The summed E-state index contributed by atoms with van der Waals surface area (Å²) in [5.74, 6) is -12.6. The van der Waals surface area contributed by atoms with Crippen LogP contribution in [-0.4, -0.2) is 158 Å². The van der Waals surface area contributed by atoms with Gasteiger partial charge in [0, 0.05) is 5.56 Å². The molecular formula is C60H98N4O16. The summed E-state index contributed by atoms with van der Waals surface area (Å²) >= 11 is 0. The SMILES string of the molecule is CCCCOC(=O)C(=O)[O-].CCCC[N+](CC)(CC)CC.CC[N+](CC)(CC)Cc1ccccc1.COC(=O)C(=O)[O-].COC(=O)C(=O)[O-].C[NH+](C)C1CCCCC1.C[NH+](C)c1ccccc1.O=C([O-])C(=O)OCc1ccccc1. The quantitative estimate of drug-likeness (QED) is 0.0592. The van der Waals surface area contributed by atoms with E-state index in [0.29, 0.717) is 6.42 Å². The molecule has 0 radical (unpaired) electrons. The van der Waals surface area contributed by atoms with Crippen LogP contribution in [0.4, 0.5) is 5.69 Å². The Morgan fingerprint density at radius 2 is 0.838 bits per heavy atom. The zero-order valence-electron chi connectivity index (χ0n) is 50.6. The molecule has 0 aliphatic heterocycles. The van der Waals surface area contributed by atoms with Gasteiger partial charge in [0.05, 0.1) is 101 Å². The molecule has 0 aromatic heterocycles. The summed E-state index contributed by atoms with van der Waals surface area (Å²) in [5, 5.41) is 38.3. The molecule has 0 unspecified atom stereocenters. The molecule has 0 saturated heterocycles. The fraction of sp³-hybridized carbons (Fsp3) is 0.567. The van der Waals surface area contributed by atoms with E-state index in [1.807, 2.05) is 19.1 Å². The van der Waals surface area contributed by atoms with Crippen molar-refractivity contribution < 1.29 is 96.5 Å². The number of esters is 4. The van der Waals surface area contributed by atoms with Gasteiger partial charge in [-0.3, -0.25) is 0 Å². The number of aliphatic carboxylic acids is 4. The number of carbonyl (C=O) groups is 8. The minimum atomic E-state index is -1.82. The van der Waals surface area contributed by atoms with Crippen molar-refractivity contribution in [1.29, 1.82) is 0 Å². The lowest BCUT2D eigenvalue weighted by molar-refractivity contribution is -0.936. The van der Waals surface area contributed by atoms with Gasteiger partial charge in [0.15, 0.2) is 23.9 Å². The molecule has 0 atom stereocenters. The predicted octanol–water partition coefficient (Wildman–Crippen LogP) is 1.03. The third-order valence-corrected chi connectivity index (χ3v) is 13.1. The average Bonchev–Trinajstić information content (AvgIpc) is 3.48. The highest BCUT2D eigenvalue weighted by Crippen LogP contribution is 2.15. The molecule has 20 nitrogen and oxygen atoms in total. The van der Waals surface area contributed by atoms with E-state index in [0.717, 1.165) is 32.2 Å². The van der Waals surface area contributed by atoms with Gasteiger partial charge in [0.1, 0.15) is 18.8 Å². The van der Waals surface area contributed by atoms with E-state index in [2.05, 4.69) is 150 Å². The number of quaternary nitrogens is 4. The third kappa shape index (κ3) is 42.2. The Morgan fingerprint density at radius 3 is 1.12 bits per heavy atom. The maximum Gasteiger partial charge on any atom is 0.354 e. The van der Waals surface area contributed by atoms with Crippen molar-refractivity contribution in [1.82, 2.24) is 0 Å². The minimum Gasteiger partial charge on any atom is -0.539 e. The lowest BCUT2D eigenvalue weighted by atomic mass is 9.95. The van der Waals surface area contributed by atoms with Gasteiger partial charge >= 0.3 is 23.9 Å². The number of methoxy groups -OCH3 is 2. The van der Waals surface area contributed by atoms with Gasteiger partial charge in [-0.15, -0.1) is 0 Å². The number of carbonyl (C=O) groups excluding carboxylic acids is 8. The first-order valence-electron chi connectivity index (χ1n) is 27.6. The van der Waals surface area contributed by atoms with Crippen molar-refractivity contribution in [3.05, 3.63) is 102 Å². The smallest absolute Gasteiger partial charge is 0.354 e. The molecule has 0 amide bonds. The number of rotatable bonds is 18. The Labute approximate surface area is 477 Å². The largest absolute Gasteiger partial charge is 0.539 e. The second kappa shape index (κ2) is 50.5. The fourth-order valence-electron chi connectivity index (χ4n) is 7.38. The van der Waals surface area contributed by atoms with E-state index in [1.165, 1.54) is 122 Å². The first-order chi connectivity index (χ1) is 37.9. The number of hydrogen-bond acceptors (Lipinski definition) is 16. The van der Waals surface area contributed by atoms with Crippen LogP contribution in [0.3, 0.4) is 0 Å². The summed E-state index contributed by atoms with van der Waals surface area (Å²) in [7, 11) is 10.7. The summed E-state index contributed by atoms with van der Waals surface area (Å²) in [6, 6.07) is 31.0. The molecule has 0 bridgehead atoms. The third-order valence-electron chi connectivity index (χ3n) is 13.1. The second-order valence-electron chi connectivity index (χ2n) is 18.8. The summed E-state index contributed by atoms with van der Waals surface area (Å²) in [6.07, 6.45) is 11.6. The van der Waals surface area contributed by atoms with Crippen LogP contribution in [0.25, 0.3) is 0 Å². The average molecular weight is 1130 g/mol. The molecule has 1 aliphatic rings. The maximum absolute atomic E-state index is 10.4. The van der Waals surface area contributed by atoms with Crippen molar-refractivity contribution in [2.45, 2.75) is 132 Å². The zero-order valence-corrected chi connectivity index (χ0v) is 50.6. The normalized spacial score (nSPS) is 11.3. The molecule has 4 rings (SSSR count). The summed E-state index contributed by atoms with van der Waals surface area (Å²) in [6.45, 7) is 28.2. The number of nitrogens with zero attached hydrogens (tertiary/aromatic N) is 2. The van der Waals surface area contributed by atoms with Crippen molar-refractivity contribution >= 4 is 53.4 Å². The Morgan fingerprint density at radius 1 is 0.475 bits per heavy atom. The van der Waals surface area contributed by atoms with E-state index in [-0.39, 0.29) is 13.2 Å². The van der Waals surface area contributed by atoms with E-state index in [4.69, 9.17) is 0 Å². The topological polar surface area (TPSA) is 275 Å². The van der Waals surface area contributed by atoms with Crippen LogP contribution in [0.5, 0.6) is 0 Å². The monoisotopic (exact) mass is 1130 g/mol. The molecule has 454 valence electrons. The van der Waals surface area contributed by atoms with Crippen LogP contribution in [0, 0.1) is 0 Å². The van der Waals surface area contributed by atoms with E-state index < -0.39 is 47.8 Å². The highest BCUT2D eigenvalue weighted by molar-refractivity contribution is 6.28. The van der Waals surface area contributed by atoms with Crippen molar-refractivity contribution in [3.8, 4) is 0 Å². The first-order valence-corrected chi connectivity index (χ1v) is 27.6. The molecule has 3 aromatic rings. The summed E-state index contributed by atoms with van der Waals surface area (Å²) < 4.78 is 18.6. The lowest BCUT2D eigenvalue weighted by Crippen LogP contribution is -3.10. The molecular weight excluding hydrogens is 1030 g/mol. The van der Waals surface area contributed by atoms with Gasteiger partial charge in [-0.1, -0.05) is 112 Å². The molecule has 1 fully saturated rings. The zero-order chi connectivity index (χ0) is 62.0. The van der Waals surface area contributed by atoms with E-state index >= 15 is 0 Å². The highest BCUT2D eigenvalue weighted by Gasteiger charge is 2.21. The van der Waals surface area contributed by atoms with Crippen LogP contribution >= 0.6 is 0 Å². The van der Waals surface area contributed by atoms with Crippen LogP contribution < -0.4 is 30.2 Å². The molecule has 1 aliphatic carbocycles. The number of hydrogen-bond donors (Lipinski definition) is 2. The number of nitrogens with one attached hydrogen (secondary N) is 2. The summed E-state index contributed by atoms with van der Waals surface area (Å²) in [4.78, 5) is 81.2. The Kier molecular flexibility index (Phi) is 50.3. The number of unbranched alkanes of at least 4 members (excludes halogenated alkanes) is 2. The lowest BCUT2D eigenvalue weighted by Gasteiger charge is -2.35. The minimum absolute atomic E-state index is 0.0480. The molecule has 1 saturated carbocycles. The molecule has 0 heterocycles. The first kappa shape index (κ1) is 79.7. The van der Waals surface area contributed by atoms with Gasteiger partial charge in [0.2, 0.25) is 0 Å². The van der Waals surface area contributed by atoms with Crippen LogP contribution in [0.1, 0.15) is 124 Å². The van der Waals surface area contributed by atoms with Gasteiger partial charge < -0.3 is 77.3 Å². The van der Waals surface area contributed by atoms with Gasteiger partial charge in [-0.2, -0.15) is 0 Å². The highest BCUT2D eigenvalue weighted by atomic mass is 16.6. The number of carboxylic acids is 4. The van der Waals surface area contributed by atoms with Gasteiger partial charge in [-0.25, -0.2) is 19.2 Å². The van der Waals surface area contributed by atoms with Crippen molar-refractivity contribution in [2.75, 3.05) is 94.8 Å². The Hall–Kier alpha value is -6.74. The van der Waals surface area contributed by atoms with Gasteiger partial charge in [-0.05, 0) is 97.8 Å². The standard InChI is InChI=1S/C13H22N.C10H24N.C9H8O4.C8H17N.C8H11N.C6H10O4.2C3H4O4/c1-4-14(5-2,6-3)12-13-10-8-7-9-11-13;1-5-9-10-11(6-2,7-3)8-4;10-8(11)9(12)13-6-7-4-2-1-3-5-7;2*1-9(2)8-6-4-3-5-7-8;1-2-3-4-10-6(9)5(7)8;2*1-7-3(6)2(4)5/h7-11H,4-6,12H2,1-3H3;5-10H2,1-4H3;1-5H,6H2,(H,10,11);8H,3-7H2,1-2H3;3-7H,1-2H3;2-4H2,1H3,(H,7,8);2*1H3,(H,4,5)/q2*+1;;;;;;/p-2. The van der Waals surface area contributed by atoms with Crippen LogP contribution in [-0.2, 0) is 70.5 Å². The molecule has 0 spiro atoms. The number of benzene rings is 3. The molecule has 2 N–H and O–H groups in total. The summed E-state index contributed by atoms with van der Waals surface area (Å²) in [5.41, 5.74) is 3.52. The maximum atomic E-state index is 10.4. The molecule has 20 heteroatoms. The predicted molar refractivity (Wildman–Crippen MR) is 298 cm³/mol. The van der Waals surface area contributed by atoms with E-state index in [1.54, 1.807) is 29.2 Å². The number of carboxylic acid groups (broad SMARTS) is 4. The van der Waals surface area contributed by atoms with Crippen molar-refractivity contribution in [3.63, 3.8) is 0 Å². The van der Waals surface area contributed by atoms with Crippen molar-refractivity contribution in [2.24, 2.45) is 0 Å². The second-order valence-corrected chi connectivity index (χ2v) is 18.8. The Balaban J connectivity index is -0.000000417. The van der Waals surface area contributed by atoms with Crippen LogP contribution in [0.15, 0.2) is 91.0 Å². The molecule has 80 heavy (non-hydrogen) atoms. The fourth-order valence-corrected chi connectivity index (χ4v) is 7.38. The number of para-hydroxylation sites is 1. The van der Waals surface area contributed by atoms with E-state index in [9.17, 15) is 58.8 Å². The van der Waals surface area contributed by atoms with Crippen LogP contribution in [0.2, 0.25) is 0 Å². The Bertz CT molecular complexity index is 2040. The molecule has 3 aromatic carbocycles. The van der Waals surface area contributed by atoms with Gasteiger partial charge in [0.25, 0.3) is 0 Å².